The maximum atomic E-state index is 11.5. The van der Waals surface area contributed by atoms with Gasteiger partial charge in [-0.25, -0.2) is 8.42 Å². The second-order valence-electron chi connectivity index (χ2n) is 4.52. The van der Waals surface area contributed by atoms with E-state index in [1.54, 1.807) is 0 Å². The SMILES string of the molecule is CS(=O)(=O)c1ccc(Oc2ccc(C#N)cc2Cl)c([N+](=O)[O-])c1. The summed E-state index contributed by atoms with van der Waals surface area (Å²) in [6, 6.07) is 9.40. The van der Waals surface area contributed by atoms with Crippen LogP contribution in [0.2, 0.25) is 5.02 Å². The van der Waals surface area contributed by atoms with Gasteiger partial charge in [0.1, 0.15) is 5.75 Å². The maximum Gasteiger partial charge on any atom is 0.312 e. The number of nitro groups is 1. The van der Waals surface area contributed by atoms with Gasteiger partial charge < -0.3 is 4.74 Å². The Balaban J connectivity index is 2.48. The monoisotopic (exact) mass is 352 g/mol. The fourth-order valence-electron chi connectivity index (χ4n) is 1.73. The first-order chi connectivity index (χ1) is 10.7. The predicted molar refractivity (Wildman–Crippen MR) is 82.4 cm³/mol. The van der Waals surface area contributed by atoms with Gasteiger partial charge in [-0.3, -0.25) is 10.1 Å². The summed E-state index contributed by atoms with van der Waals surface area (Å²) in [5.41, 5.74) is -0.197. The van der Waals surface area contributed by atoms with Gasteiger partial charge in [-0.05, 0) is 30.3 Å². The van der Waals surface area contributed by atoms with Crippen LogP contribution < -0.4 is 4.74 Å². The van der Waals surface area contributed by atoms with E-state index in [1.807, 2.05) is 6.07 Å². The minimum Gasteiger partial charge on any atom is -0.449 e. The Labute approximate surface area is 136 Å². The van der Waals surface area contributed by atoms with Crippen LogP contribution in [0.4, 0.5) is 5.69 Å². The van der Waals surface area contributed by atoms with Gasteiger partial charge in [-0.2, -0.15) is 5.26 Å². The molecular weight excluding hydrogens is 344 g/mol. The van der Waals surface area contributed by atoms with Crippen molar-refractivity contribution in [1.29, 1.82) is 5.26 Å². The van der Waals surface area contributed by atoms with E-state index in [4.69, 9.17) is 21.6 Å². The molecule has 118 valence electrons. The van der Waals surface area contributed by atoms with Gasteiger partial charge in [-0.15, -0.1) is 0 Å². The number of hydrogen-bond donors (Lipinski definition) is 0. The van der Waals surface area contributed by atoms with Gasteiger partial charge in [0.25, 0.3) is 0 Å². The molecule has 9 heteroatoms. The number of ether oxygens (including phenoxy) is 1. The zero-order valence-electron chi connectivity index (χ0n) is 11.7. The minimum absolute atomic E-state index is 0.102. The van der Waals surface area contributed by atoms with E-state index in [-0.39, 0.29) is 21.4 Å². The normalized spacial score (nSPS) is 10.8. The molecular formula is C14H9ClN2O5S. The molecule has 0 aliphatic rings. The van der Waals surface area contributed by atoms with Gasteiger partial charge in [0.15, 0.2) is 9.84 Å². The molecule has 0 fully saturated rings. The maximum absolute atomic E-state index is 11.5. The highest BCUT2D eigenvalue weighted by molar-refractivity contribution is 7.90. The van der Waals surface area contributed by atoms with Crippen molar-refractivity contribution in [1.82, 2.24) is 0 Å². The largest absolute Gasteiger partial charge is 0.449 e. The predicted octanol–water partition coefficient (Wildman–Crippen LogP) is 3.32. The molecule has 2 aromatic carbocycles. The molecule has 0 unspecified atom stereocenters. The number of benzene rings is 2. The van der Waals surface area contributed by atoms with E-state index in [1.165, 1.54) is 30.3 Å². The Morgan fingerprint density at radius 3 is 2.39 bits per heavy atom. The molecule has 0 spiro atoms. The Kier molecular flexibility index (Phi) is 4.54. The number of sulfone groups is 1. The van der Waals surface area contributed by atoms with Gasteiger partial charge in [0.2, 0.25) is 5.75 Å². The van der Waals surface area contributed by atoms with Crippen molar-refractivity contribution >= 4 is 27.1 Å². The molecule has 0 bridgehead atoms. The molecule has 0 atom stereocenters. The summed E-state index contributed by atoms with van der Waals surface area (Å²) in [6.45, 7) is 0. The summed E-state index contributed by atoms with van der Waals surface area (Å²) < 4.78 is 28.4. The van der Waals surface area contributed by atoms with Crippen LogP contribution in [0.5, 0.6) is 11.5 Å². The summed E-state index contributed by atoms with van der Waals surface area (Å²) in [7, 11) is -3.59. The zero-order chi connectivity index (χ0) is 17.2. The summed E-state index contributed by atoms with van der Waals surface area (Å²) in [6.07, 6.45) is 0.948. The van der Waals surface area contributed by atoms with Crippen molar-refractivity contribution < 1.29 is 18.1 Å². The lowest BCUT2D eigenvalue weighted by Gasteiger charge is -2.09. The van der Waals surface area contributed by atoms with Crippen molar-refractivity contribution in [3.05, 3.63) is 57.1 Å². The Morgan fingerprint density at radius 1 is 1.22 bits per heavy atom. The first-order valence-corrected chi connectivity index (χ1v) is 8.35. The number of halogens is 1. The second kappa shape index (κ2) is 6.24. The van der Waals surface area contributed by atoms with Crippen LogP contribution in [0.3, 0.4) is 0 Å². The van der Waals surface area contributed by atoms with E-state index in [2.05, 4.69) is 0 Å². The lowest BCUT2D eigenvalue weighted by atomic mass is 10.2. The van der Waals surface area contributed by atoms with Crippen LogP contribution in [0.1, 0.15) is 5.56 Å². The number of rotatable bonds is 4. The van der Waals surface area contributed by atoms with Crippen LogP contribution in [-0.2, 0) is 9.84 Å². The molecule has 0 amide bonds. The third kappa shape index (κ3) is 3.77. The lowest BCUT2D eigenvalue weighted by molar-refractivity contribution is -0.385. The highest BCUT2D eigenvalue weighted by Gasteiger charge is 2.21. The van der Waals surface area contributed by atoms with Gasteiger partial charge in [0, 0.05) is 12.3 Å². The van der Waals surface area contributed by atoms with Crippen molar-refractivity contribution in [3.63, 3.8) is 0 Å². The van der Waals surface area contributed by atoms with E-state index < -0.39 is 20.4 Å². The van der Waals surface area contributed by atoms with E-state index in [0.717, 1.165) is 12.3 Å². The van der Waals surface area contributed by atoms with Crippen molar-refractivity contribution in [2.45, 2.75) is 4.90 Å². The van der Waals surface area contributed by atoms with Crippen LogP contribution in [0.25, 0.3) is 0 Å². The number of nitriles is 1. The summed E-state index contributed by atoms with van der Waals surface area (Å²) in [5.74, 6) is -0.0464. The fourth-order valence-corrected chi connectivity index (χ4v) is 2.59. The zero-order valence-corrected chi connectivity index (χ0v) is 13.3. The highest BCUT2D eigenvalue weighted by Crippen LogP contribution is 2.36. The number of nitro benzene ring substituents is 1. The highest BCUT2D eigenvalue weighted by atomic mass is 35.5. The van der Waals surface area contributed by atoms with Gasteiger partial charge in [0.05, 0.1) is 26.5 Å². The van der Waals surface area contributed by atoms with Crippen LogP contribution >= 0.6 is 11.6 Å². The quantitative estimate of drug-likeness (QED) is 0.616. The molecule has 0 saturated carbocycles. The molecule has 2 rings (SSSR count). The van der Waals surface area contributed by atoms with Crippen molar-refractivity contribution in [3.8, 4) is 17.6 Å². The third-order valence-electron chi connectivity index (χ3n) is 2.84. The number of nitrogens with zero attached hydrogens (tertiary/aromatic N) is 2. The average Bonchev–Trinajstić information content (AvgIpc) is 2.48. The lowest BCUT2D eigenvalue weighted by Crippen LogP contribution is -2.00. The molecule has 0 saturated heterocycles. The smallest absolute Gasteiger partial charge is 0.312 e. The summed E-state index contributed by atoms with van der Waals surface area (Å²) in [5, 5.41) is 20.0. The van der Waals surface area contributed by atoms with Crippen molar-refractivity contribution in [2.24, 2.45) is 0 Å². The molecule has 0 aliphatic heterocycles. The summed E-state index contributed by atoms with van der Waals surface area (Å²) in [4.78, 5) is 10.2. The van der Waals surface area contributed by atoms with Crippen molar-refractivity contribution in [2.75, 3.05) is 6.26 Å². The summed E-state index contributed by atoms with van der Waals surface area (Å²) >= 11 is 5.95. The number of hydrogen-bond acceptors (Lipinski definition) is 6. The standard InChI is InChI=1S/C14H9ClN2O5S/c1-23(20,21)10-3-5-14(12(7-10)17(18)19)22-13-4-2-9(8-16)6-11(13)15/h2-7H,1H3. The molecule has 7 nitrogen and oxygen atoms in total. The Hall–Kier alpha value is -2.63. The van der Waals surface area contributed by atoms with Crippen LogP contribution in [-0.4, -0.2) is 19.6 Å². The molecule has 0 radical (unpaired) electrons. The molecule has 0 aliphatic carbocycles. The molecule has 0 heterocycles. The first-order valence-electron chi connectivity index (χ1n) is 6.08. The Bertz CT molecular complexity index is 935. The van der Waals surface area contributed by atoms with Gasteiger partial charge >= 0.3 is 5.69 Å². The van der Waals surface area contributed by atoms with Gasteiger partial charge in [-0.1, -0.05) is 11.6 Å². The molecule has 0 N–H and O–H groups in total. The first kappa shape index (κ1) is 16.7. The van der Waals surface area contributed by atoms with Crippen LogP contribution in [0, 0.1) is 21.4 Å². The van der Waals surface area contributed by atoms with E-state index in [9.17, 15) is 18.5 Å². The van der Waals surface area contributed by atoms with Crippen LogP contribution in [0.15, 0.2) is 41.3 Å². The topological polar surface area (TPSA) is 110 Å². The molecule has 23 heavy (non-hydrogen) atoms. The molecule has 2 aromatic rings. The van der Waals surface area contributed by atoms with E-state index in [0.29, 0.717) is 5.56 Å². The second-order valence-corrected chi connectivity index (χ2v) is 6.94. The van der Waals surface area contributed by atoms with E-state index >= 15 is 0 Å². The average molecular weight is 353 g/mol. The third-order valence-corrected chi connectivity index (χ3v) is 4.24. The minimum atomic E-state index is -3.59. The molecule has 0 aromatic heterocycles. The Morgan fingerprint density at radius 2 is 1.87 bits per heavy atom. The fraction of sp³-hybridized carbons (Fsp3) is 0.0714.